The lowest BCUT2D eigenvalue weighted by molar-refractivity contribution is -0.107. The van der Waals surface area contributed by atoms with Crippen LogP contribution in [0, 0.1) is 6.92 Å². The number of aromatic nitrogens is 1. The van der Waals surface area contributed by atoms with Gasteiger partial charge in [-0.15, -0.1) is 0 Å². The van der Waals surface area contributed by atoms with E-state index in [1.165, 1.54) is 0 Å². The van der Waals surface area contributed by atoms with Crippen LogP contribution >= 0.6 is 0 Å². The maximum Gasteiger partial charge on any atom is 0.297 e. The first-order chi connectivity index (χ1) is 5.65. The van der Waals surface area contributed by atoms with Gasteiger partial charge in [-0.3, -0.25) is 0 Å². The maximum absolute atomic E-state index is 10.2. The second kappa shape index (κ2) is 3.38. The van der Waals surface area contributed by atoms with Gasteiger partial charge >= 0.3 is 0 Å². The summed E-state index contributed by atoms with van der Waals surface area (Å²) in [7, 11) is 3.69. The Morgan fingerprint density at radius 2 is 2.25 bits per heavy atom. The van der Waals surface area contributed by atoms with E-state index in [4.69, 9.17) is 4.42 Å². The number of carbonyl (C=O) groups excluding carboxylic acids is 1. The lowest BCUT2D eigenvalue weighted by atomic mass is 10.3. The average molecular weight is 168 g/mol. The highest BCUT2D eigenvalue weighted by Crippen LogP contribution is 2.15. The zero-order valence-corrected chi connectivity index (χ0v) is 7.50. The largest absolute Gasteiger partial charge is 0.428 e. The van der Waals surface area contributed by atoms with Crippen molar-refractivity contribution in [3.63, 3.8) is 0 Å². The molecule has 0 saturated carbocycles. The fourth-order valence-corrected chi connectivity index (χ4v) is 0.869. The van der Waals surface area contributed by atoms with Crippen molar-refractivity contribution >= 4 is 12.3 Å². The van der Waals surface area contributed by atoms with Gasteiger partial charge < -0.3 is 14.1 Å². The van der Waals surface area contributed by atoms with Crippen molar-refractivity contribution in [2.45, 2.75) is 13.3 Å². The van der Waals surface area contributed by atoms with E-state index >= 15 is 0 Å². The number of oxazole rings is 1. The minimum absolute atomic E-state index is 0.298. The van der Waals surface area contributed by atoms with E-state index in [9.17, 15) is 4.79 Å². The Labute approximate surface area is 71.2 Å². The molecule has 0 N–H and O–H groups in total. The van der Waals surface area contributed by atoms with Gasteiger partial charge in [-0.05, 0) is 6.92 Å². The molecule has 12 heavy (non-hydrogen) atoms. The van der Waals surface area contributed by atoms with Crippen LogP contribution in [0.1, 0.15) is 11.5 Å². The van der Waals surface area contributed by atoms with Gasteiger partial charge in [0.05, 0.1) is 12.1 Å². The van der Waals surface area contributed by atoms with Crippen molar-refractivity contribution in [3.8, 4) is 0 Å². The molecule has 1 aromatic rings. The van der Waals surface area contributed by atoms with Crippen LogP contribution in [0.4, 0.5) is 6.01 Å². The number of hydrogen-bond acceptors (Lipinski definition) is 4. The Kier molecular flexibility index (Phi) is 2.47. The van der Waals surface area contributed by atoms with Crippen LogP contribution in [0.2, 0.25) is 0 Å². The SMILES string of the molecule is Cc1nc(N(C)C)oc1CC=O. The molecule has 0 amide bonds. The van der Waals surface area contributed by atoms with Crippen molar-refractivity contribution in [1.82, 2.24) is 4.98 Å². The summed E-state index contributed by atoms with van der Waals surface area (Å²) < 4.78 is 5.30. The van der Waals surface area contributed by atoms with E-state index in [0.29, 0.717) is 18.2 Å². The average Bonchev–Trinajstić information content (AvgIpc) is 2.34. The fourth-order valence-electron chi connectivity index (χ4n) is 0.869. The second-order valence-corrected chi connectivity index (χ2v) is 2.77. The number of rotatable bonds is 3. The van der Waals surface area contributed by atoms with Crippen LogP contribution in [-0.2, 0) is 11.2 Å². The Morgan fingerprint density at radius 1 is 1.58 bits per heavy atom. The molecule has 1 rings (SSSR count). The smallest absolute Gasteiger partial charge is 0.297 e. The molecule has 4 nitrogen and oxygen atoms in total. The van der Waals surface area contributed by atoms with Crippen LogP contribution < -0.4 is 4.90 Å². The minimum atomic E-state index is 0.298. The lowest BCUT2D eigenvalue weighted by Crippen LogP contribution is -2.08. The Bertz CT molecular complexity index is 279. The Morgan fingerprint density at radius 3 is 2.67 bits per heavy atom. The quantitative estimate of drug-likeness (QED) is 0.626. The van der Waals surface area contributed by atoms with Crippen LogP contribution in [0.3, 0.4) is 0 Å². The van der Waals surface area contributed by atoms with E-state index in [-0.39, 0.29) is 0 Å². The number of aryl methyl sites for hydroxylation is 1. The predicted octanol–water partition coefficient (Wildman–Crippen LogP) is 0.790. The van der Waals surface area contributed by atoms with Crippen LogP contribution in [0.25, 0.3) is 0 Å². The van der Waals surface area contributed by atoms with Gasteiger partial charge in [0.2, 0.25) is 0 Å². The molecule has 0 radical (unpaired) electrons. The topological polar surface area (TPSA) is 46.3 Å². The van der Waals surface area contributed by atoms with Gasteiger partial charge in [-0.1, -0.05) is 0 Å². The highest BCUT2D eigenvalue weighted by Gasteiger charge is 2.09. The second-order valence-electron chi connectivity index (χ2n) is 2.77. The lowest BCUT2D eigenvalue weighted by Gasteiger charge is -2.03. The van der Waals surface area contributed by atoms with Crippen molar-refractivity contribution in [1.29, 1.82) is 0 Å². The van der Waals surface area contributed by atoms with Gasteiger partial charge in [0, 0.05) is 14.1 Å². The molecular formula is C8H12N2O2. The summed E-state index contributed by atoms with van der Waals surface area (Å²) in [5, 5.41) is 0. The Hall–Kier alpha value is -1.32. The van der Waals surface area contributed by atoms with E-state index in [2.05, 4.69) is 4.98 Å². The third-order valence-electron chi connectivity index (χ3n) is 1.53. The summed E-state index contributed by atoms with van der Waals surface area (Å²) in [5.41, 5.74) is 0.783. The maximum atomic E-state index is 10.2. The molecule has 0 saturated heterocycles. The van der Waals surface area contributed by atoms with Gasteiger partial charge in [0.15, 0.2) is 0 Å². The monoisotopic (exact) mass is 168 g/mol. The molecule has 0 aliphatic carbocycles. The third kappa shape index (κ3) is 1.64. The van der Waals surface area contributed by atoms with Crippen molar-refractivity contribution in [2.24, 2.45) is 0 Å². The normalized spacial score (nSPS) is 9.92. The number of hydrogen-bond donors (Lipinski definition) is 0. The summed E-state index contributed by atoms with van der Waals surface area (Å²) in [6.45, 7) is 1.83. The molecule has 0 spiro atoms. The third-order valence-corrected chi connectivity index (χ3v) is 1.53. The molecule has 0 aliphatic rings. The van der Waals surface area contributed by atoms with Gasteiger partial charge in [-0.2, -0.15) is 4.98 Å². The summed E-state index contributed by atoms with van der Waals surface area (Å²) in [4.78, 5) is 16.1. The van der Waals surface area contributed by atoms with E-state index < -0.39 is 0 Å². The van der Waals surface area contributed by atoms with Crippen LogP contribution in [0.15, 0.2) is 4.42 Å². The zero-order valence-electron chi connectivity index (χ0n) is 7.50. The molecule has 1 heterocycles. The molecule has 0 atom stereocenters. The molecule has 1 aromatic heterocycles. The van der Waals surface area contributed by atoms with Crippen molar-refractivity contribution in [2.75, 3.05) is 19.0 Å². The minimum Gasteiger partial charge on any atom is -0.428 e. The molecule has 66 valence electrons. The molecule has 0 aromatic carbocycles. The number of anilines is 1. The summed E-state index contributed by atoms with van der Waals surface area (Å²) in [5.74, 6) is 0.647. The highest BCUT2D eigenvalue weighted by molar-refractivity contribution is 5.54. The number of nitrogens with zero attached hydrogens (tertiary/aromatic N) is 2. The molecule has 0 unspecified atom stereocenters. The van der Waals surface area contributed by atoms with E-state index in [1.54, 1.807) is 4.90 Å². The predicted molar refractivity (Wildman–Crippen MR) is 45.3 cm³/mol. The number of aldehydes is 1. The van der Waals surface area contributed by atoms with Gasteiger partial charge in [-0.25, -0.2) is 0 Å². The van der Waals surface area contributed by atoms with E-state index in [0.717, 1.165) is 12.0 Å². The molecule has 0 bridgehead atoms. The fraction of sp³-hybridized carbons (Fsp3) is 0.500. The summed E-state index contributed by atoms with van der Waals surface area (Å²) in [6, 6.07) is 0.546. The number of carbonyl (C=O) groups is 1. The van der Waals surface area contributed by atoms with Crippen LogP contribution in [0.5, 0.6) is 0 Å². The standard InChI is InChI=1S/C8H12N2O2/c1-6-7(4-5-11)12-8(9-6)10(2)3/h5H,4H2,1-3H3. The van der Waals surface area contributed by atoms with Crippen LogP contribution in [-0.4, -0.2) is 25.4 Å². The molecule has 0 fully saturated rings. The highest BCUT2D eigenvalue weighted by atomic mass is 16.4. The first-order valence-corrected chi connectivity index (χ1v) is 3.72. The zero-order chi connectivity index (χ0) is 9.14. The summed E-state index contributed by atoms with van der Waals surface area (Å²) in [6.07, 6.45) is 1.11. The van der Waals surface area contributed by atoms with Crippen molar-refractivity contribution in [3.05, 3.63) is 11.5 Å². The van der Waals surface area contributed by atoms with Gasteiger partial charge in [0.25, 0.3) is 6.01 Å². The molecule has 4 heteroatoms. The van der Waals surface area contributed by atoms with Crippen molar-refractivity contribution < 1.29 is 9.21 Å². The van der Waals surface area contributed by atoms with Gasteiger partial charge in [0.1, 0.15) is 12.0 Å². The molecule has 0 aliphatic heterocycles. The molecular weight excluding hydrogens is 156 g/mol. The first kappa shape index (κ1) is 8.77. The first-order valence-electron chi connectivity index (χ1n) is 3.72. The summed E-state index contributed by atoms with van der Waals surface area (Å²) >= 11 is 0. The Balaban J connectivity index is 2.91. The van der Waals surface area contributed by atoms with E-state index in [1.807, 2.05) is 21.0 Å².